The Labute approximate surface area is 260 Å². The number of fused-ring (bicyclic) bond motifs is 1. The molecule has 12 nitrogen and oxygen atoms in total. The molecule has 3 amide bonds. The van der Waals surface area contributed by atoms with Crippen LogP contribution in [0.25, 0.3) is 0 Å². The molecule has 222 valence electrons. The smallest absolute Gasteiger partial charge is 0.356 e. The van der Waals surface area contributed by atoms with E-state index in [9.17, 15) is 19.2 Å². The fourth-order valence-corrected chi connectivity index (χ4v) is 6.57. The van der Waals surface area contributed by atoms with E-state index in [0.717, 1.165) is 22.5 Å². The number of β-lactam (4-membered cyclic amide) rings is 1. The number of hydrogen-bond donors (Lipinski definition) is 2. The molecule has 44 heavy (non-hydrogen) atoms. The molecule has 1 saturated heterocycles. The van der Waals surface area contributed by atoms with Crippen molar-refractivity contribution in [3.8, 4) is 6.07 Å². The Balaban J connectivity index is 1.37. The number of thioether (sulfide) groups is 1. The average Bonchev–Trinajstić information content (AvgIpc) is 3.52. The molecule has 0 radical (unpaired) electrons. The number of amides is 3. The van der Waals surface area contributed by atoms with Crippen LogP contribution in [0.1, 0.15) is 22.9 Å². The van der Waals surface area contributed by atoms with Crippen LogP contribution in [0.3, 0.4) is 0 Å². The molecule has 2 aliphatic heterocycles. The van der Waals surface area contributed by atoms with Gasteiger partial charge < -0.3 is 20.2 Å². The van der Waals surface area contributed by atoms with Crippen LogP contribution >= 0.6 is 23.1 Å². The zero-order valence-corrected chi connectivity index (χ0v) is 24.5. The van der Waals surface area contributed by atoms with Crippen molar-refractivity contribution in [2.24, 2.45) is 5.16 Å². The molecule has 5 rings (SSSR count). The number of hydrogen-bond acceptors (Lipinski definition) is 11. The molecule has 1 fully saturated rings. The molecule has 0 spiro atoms. The minimum atomic E-state index is -1.01. The molecule has 1 aromatic heterocycles. The minimum Gasteiger partial charge on any atom is -0.448 e. The van der Waals surface area contributed by atoms with Gasteiger partial charge in [-0.2, -0.15) is 5.26 Å². The first kappa shape index (κ1) is 30.2. The van der Waals surface area contributed by atoms with Gasteiger partial charge in [0, 0.05) is 11.1 Å². The standard InChI is InChI=1S/C30H24N6O6S2/c1-2-18-15-43-28-23(34-26(38)22(35-41-14-13-31)21-16-44-30(33-21)32-17-37)27(39)36(28)24(18)29(40)42-25(19-9-5-3-6-10-19)20-11-7-4-8-12-20/h2-12,16-17,23,25,28H,1,14-15H2,(H,34,38)(H,32,33,37)/t23?,28-/m1/s1. The largest absolute Gasteiger partial charge is 0.448 e. The summed E-state index contributed by atoms with van der Waals surface area (Å²) in [6.45, 7) is 3.40. The maximum absolute atomic E-state index is 13.8. The number of rotatable bonds is 12. The average molecular weight is 629 g/mol. The number of esters is 1. The summed E-state index contributed by atoms with van der Waals surface area (Å²) < 4.78 is 6.05. The Morgan fingerprint density at radius 2 is 1.86 bits per heavy atom. The summed E-state index contributed by atoms with van der Waals surface area (Å²) >= 11 is 2.39. The Morgan fingerprint density at radius 3 is 2.48 bits per heavy atom. The molecule has 3 heterocycles. The number of benzene rings is 2. The molecule has 0 aliphatic carbocycles. The Morgan fingerprint density at radius 1 is 1.18 bits per heavy atom. The third kappa shape index (κ3) is 6.24. The molecule has 2 N–H and O–H groups in total. The van der Waals surface area contributed by atoms with Crippen LogP contribution in [0.4, 0.5) is 5.13 Å². The van der Waals surface area contributed by atoms with Crippen LogP contribution in [0.15, 0.2) is 95.1 Å². The van der Waals surface area contributed by atoms with E-state index < -0.39 is 41.9 Å². The summed E-state index contributed by atoms with van der Waals surface area (Å²) in [6.07, 6.45) is 1.22. The molecule has 0 saturated carbocycles. The zero-order valence-electron chi connectivity index (χ0n) is 22.9. The van der Waals surface area contributed by atoms with Crippen molar-refractivity contribution in [2.75, 3.05) is 17.7 Å². The third-order valence-electron chi connectivity index (χ3n) is 6.58. The summed E-state index contributed by atoms with van der Waals surface area (Å²) in [5, 5.41) is 18.6. The van der Waals surface area contributed by atoms with Crippen LogP contribution in [-0.4, -0.2) is 63.6 Å². The number of nitrogens with one attached hydrogen (secondary N) is 2. The summed E-state index contributed by atoms with van der Waals surface area (Å²) in [4.78, 5) is 61.7. The number of ether oxygens (including phenoxy) is 1. The van der Waals surface area contributed by atoms with Gasteiger partial charge in [0.05, 0.1) is 0 Å². The molecule has 3 aromatic rings. The molecule has 2 aromatic carbocycles. The van der Waals surface area contributed by atoms with Crippen LogP contribution in [0.2, 0.25) is 0 Å². The molecule has 14 heteroatoms. The van der Waals surface area contributed by atoms with Crippen molar-refractivity contribution in [1.82, 2.24) is 15.2 Å². The van der Waals surface area contributed by atoms with Gasteiger partial charge in [0.2, 0.25) is 13.0 Å². The van der Waals surface area contributed by atoms with Gasteiger partial charge in [-0.05, 0) is 16.7 Å². The van der Waals surface area contributed by atoms with Gasteiger partial charge in [-0.3, -0.25) is 19.3 Å². The van der Waals surface area contributed by atoms with Crippen molar-refractivity contribution in [2.45, 2.75) is 17.5 Å². The lowest BCUT2D eigenvalue weighted by molar-refractivity contribution is -0.154. The van der Waals surface area contributed by atoms with Gasteiger partial charge in [0.1, 0.15) is 28.9 Å². The topological polar surface area (TPSA) is 163 Å². The summed E-state index contributed by atoms with van der Waals surface area (Å²) in [5.74, 6) is -1.68. The van der Waals surface area contributed by atoms with Crippen molar-refractivity contribution in [1.29, 1.82) is 5.26 Å². The van der Waals surface area contributed by atoms with E-state index in [1.54, 1.807) is 6.07 Å². The molecular formula is C30H24N6O6S2. The summed E-state index contributed by atoms with van der Waals surface area (Å²) in [5.41, 5.74) is 1.88. The quantitative estimate of drug-likeness (QED) is 0.0766. The first-order valence-electron chi connectivity index (χ1n) is 13.1. The first-order valence-corrected chi connectivity index (χ1v) is 15.0. The SMILES string of the molecule is C=CC1=C(C(=O)OC(c2ccccc2)c2ccccc2)N2C(=O)C(NC(=O)C(=NOCC#N)c3csc(NC=O)n3)[C@H]2SC1. The number of anilines is 1. The number of oxime groups is 1. The van der Waals surface area contributed by atoms with Crippen LogP contribution in [-0.2, 0) is 28.8 Å². The molecule has 2 atom stereocenters. The maximum atomic E-state index is 13.8. The van der Waals surface area contributed by atoms with Crippen molar-refractivity contribution >= 4 is 58.1 Å². The van der Waals surface area contributed by atoms with E-state index in [0.29, 0.717) is 17.7 Å². The predicted octanol–water partition coefficient (Wildman–Crippen LogP) is 3.13. The number of thiazole rings is 1. The van der Waals surface area contributed by atoms with Gasteiger partial charge in [0.25, 0.3) is 11.8 Å². The lowest BCUT2D eigenvalue weighted by Gasteiger charge is -2.49. The fraction of sp³-hybridized carbons (Fsp3) is 0.167. The molecule has 0 bridgehead atoms. The first-order chi connectivity index (χ1) is 21.5. The number of nitriles is 1. The van der Waals surface area contributed by atoms with E-state index in [-0.39, 0.29) is 22.2 Å². The van der Waals surface area contributed by atoms with Crippen LogP contribution < -0.4 is 10.6 Å². The summed E-state index contributed by atoms with van der Waals surface area (Å²) in [7, 11) is 0. The van der Waals surface area contributed by atoms with Gasteiger partial charge in [0.15, 0.2) is 16.9 Å². The second-order valence-corrected chi connectivity index (χ2v) is 11.2. The third-order valence-corrected chi connectivity index (χ3v) is 8.66. The minimum absolute atomic E-state index is 0.0615. The molecule has 1 unspecified atom stereocenters. The van der Waals surface area contributed by atoms with Crippen molar-refractivity contribution in [3.05, 3.63) is 107 Å². The van der Waals surface area contributed by atoms with E-state index >= 15 is 0 Å². The lowest BCUT2D eigenvalue weighted by Crippen LogP contribution is -2.71. The highest BCUT2D eigenvalue weighted by atomic mass is 32.2. The number of allylic oxidation sites excluding steroid dienone is 1. The normalized spacial score (nSPS) is 17.6. The summed E-state index contributed by atoms with van der Waals surface area (Å²) in [6, 6.07) is 19.3. The monoisotopic (exact) mass is 628 g/mol. The second kappa shape index (κ2) is 13.8. The van der Waals surface area contributed by atoms with E-state index in [4.69, 9.17) is 14.8 Å². The Hall–Kier alpha value is -5.26. The van der Waals surface area contributed by atoms with Gasteiger partial charge in [-0.25, -0.2) is 9.78 Å². The zero-order chi connectivity index (χ0) is 31.1. The maximum Gasteiger partial charge on any atom is 0.356 e. The lowest BCUT2D eigenvalue weighted by atomic mass is 10.0. The van der Waals surface area contributed by atoms with Crippen LogP contribution in [0.5, 0.6) is 0 Å². The second-order valence-electron chi connectivity index (χ2n) is 9.22. The Bertz CT molecular complexity index is 1640. The van der Waals surface area contributed by atoms with Crippen molar-refractivity contribution in [3.63, 3.8) is 0 Å². The number of carbonyl (C=O) groups is 4. The molecule has 2 aliphatic rings. The fourth-order valence-electron chi connectivity index (χ4n) is 4.57. The van der Waals surface area contributed by atoms with Crippen molar-refractivity contribution < 1.29 is 28.8 Å². The van der Waals surface area contributed by atoms with E-state index in [2.05, 4.69) is 27.4 Å². The number of aromatic nitrogens is 1. The number of nitrogens with zero attached hydrogens (tertiary/aromatic N) is 4. The van der Waals surface area contributed by atoms with Crippen LogP contribution in [0, 0.1) is 11.3 Å². The highest BCUT2D eigenvalue weighted by Gasteiger charge is 2.54. The number of carbonyl (C=O) groups excluding carboxylic acids is 4. The highest BCUT2D eigenvalue weighted by Crippen LogP contribution is 2.42. The highest BCUT2D eigenvalue weighted by molar-refractivity contribution is 8.00. The van der Waals surface area contributed by atoms with E-state index in [1.165, 1.54) is 28.1 Å². The Kier molecular flexibility index (Phi) is 9.48. The van der Waals surface area contributed by atoms with Gasteiger partial charge in [-0.15, -0.1) is 23.1 Å². The molecular weight excluding hydrogens is 605 g/mol. The van der Waals surface area contributed by atoms with Gasteiger partial charge >= 0.3 is 5.97 Å². The van der Waals surface area contributed by atoms with Gasteiger partial charge in [-0.1, -0.05) is 78.5 Å². The predicted molar refractivity (Wildman–Crippen MR) is 163 cm³/mol. The van der Waals surface area contributed by atoms with E-state index in [1.807, 2.05) is 60.7 Å².